The molecule has 0 bridgehead atoms. The van der Waals surface area contributed by atoms with E-state index in [0.717, 1.165) is 0 Å². The van der Waals surface area contributed by atoms with Gasteiger partial charge in [0.05, 0.1) is 12.9 Å². The zero-order valence-corrected chi connectivity index (χ0v) is 12.9. The molecule has 0 amide bonds. The van der Waals surface area contributed by atoms with Crippen LogP contribution in [0.4, 0.5) is 14.6 Å². The number of ether oxygens (including phenoxy) is 2. The Morgan fingerprint density at radius 2 is 2.00 bits per heavy atom. The van der Waals surface area contributed by atoms with Crippen LogP contribution in [0, 0.1) is 0 Å². The number of nitrogens with zero attached hydrogens (tertiary/aromatic N) is 5. The summed E-state index contributed by atoms with van der Waals surface area (Å²) in [5.41, 5.74) is 1.79. The number of aromatic nitrogens is 4. The number of imidazole rings is 1. The van der Waals surface area contributed by atoms with E-state index in [2.05, 4.69) is 24.4 Å². The summed E-state index contributed by atoms with van der Waals surface area (Å²) < 4.78 is 37.4. The first-order chi connectivity index (χ1) is 11.4. The average Bonchev–Trinajstić information content (AvgIpc) is 3.07. The SMILES string of the molecule is CN(C)c1ncnc2c1ncn2Cc1cccc2c1OC(F)(F)O2. The van der Waals surface area contributed by atoms with Crippen molar-refractivity contribution >= 4 is 17.0 Å². The van der Waals surface area contributed by atoms with Crippen molar-refractivity contribution < 1.29 is 18.3 Å². The molecule has 4 rings (SSSR count). The number of para-hydroxylation sites is 1. The summed E-state index contributed by atoms with van der Waals surface area (Å²) in [6.45, 7) is 0.267. The molecular formula is C15H13F2N5O2. The van der Waals surface area contributed by atoms with Gasteiger partial charge in [0.15, 0.2) is 28.5 Å². The fourth-order valence-corrected chi connectivity index (χ4v) is 2.64. The van der Waals surface area contributed by atoms with E-state index in [9.17, 15) is 8.78 Å². The molecule has 0 fully saturated rings. The molecule has 0 saturated heterocycles. The van der Waals surface area contributed by atoms with Gasteiger partial charge >= 0.3 is 6.29 Å². The lowest BCUT2D eigenvalue weighted by atomic mass is 10.2. The Kier molecular flexibility index (Phi) is 3.05. The molecule has 7 nitrogen and oxygen atoms in total. The van der Waals surface area contributed by atoms with Gasteiger partial charge in [-0.15, -0.1) is 8.78 Å². The lowest BCUT2D eigenvalue weighted by Gasteiger charge is -2.11. The molecule has 9 heteroatoms. The van der Waals surface area contributed by atoms with Crippen molar-refractivity contribution in [1.82, 2.24) is 19.5 Å². The summed E-state index contributed by atoms with van der Waals surface area (Å²) in [5.74, 6) is 0.736. The first-order valence-corrected chi connectivity index (χ1v) is 7.15. The standard InChI is InChI=1S/C15H13F2N5O2/c1-21(2)13-11-14(19-7-18-13)22(8-20-11)6-9-4-3-5-10-12(9)24-15(16,17)23-10/h3-5,7-8H,6H2,1-2H3. The molecule has 124 valence electrons. The Hall–Kier alpha value is -2.97. The average molecular weight is 333 g/mol. The van der Waals surface area contributed by atoms with Crippen molar-refractivity contribution in [3.05, 3.63) is 36.4 Å². The second-order valence-electron chi connectivity index (χ2n) is 5.55. The van der Waals surface area contributed by atoms with Gasteiger partial charge in [0.25, 0.3) is 0 Å². The molecule has 3 heterocycles. The highest BCUT2D eigenvalue weighted by Gasteiger charge is 2.44. The Morgan fingerprint density at radius 3 is 2.79 bits per heavy atom. The van der Waals surface area contributed by atoms with Crippen molar-refractivity contribution in [3.8, 4) is 11.5 Å². The summed E-state index contributed by atoms with van der Waals surface area (Å²) in [7, 11) is 3.72. The fraction of sp³-hybridized carbons (Fsp3) is 0.267. The van der Waals surface area contributed by atoms with Crippen molar-refractivity contribution in [2.45, 2.75) is 12.8 Å². The number of fused-ring (bicyclic) bond motifs is 2. The minimum atomic E-state index is -3.64. The molecular weight excluding hydrogens is 320 g/mol. The van der Waals surface area contributed by atoms with Crippen LogP contribution in [0.1, 0.15) is 5.56 Å². The highest BCUT2D eigenvalue weighted by atomic mass is 19.3. The van der Waals surface area contributed by atoms with Crippen molar-refractivity contribution in [1.29, 1.82) is 0 Å². The van der Waals surface area contributed by atoms with Gasteiger partial charge in [0, 0.05) is 19.7 Å². The maximum atomic E-state index is 13.3. The summed E-state index contributed by atoms with van der Waals surface area (Å²) >= 11 is 0. The van der Waals surface area contributed by atoms with Gasteiger partial charge in [0.1, 0.15) is 6.33 Å². The van der Waals surface area contributed by atoms with Gasteiger partial charge in [-0.2, -0.15) is 0 Å². The van der Waals surface area contributed by atoms with Gasteiger partial charge in [-0.1, -0.05) is 12.1 Å². The van der Waals surface area contributed by atoms with E-state index in [1.807, 2.05) is 19.0 Å². The molecule has 0 radical (unpaired) electrons. The number of rotatable bonds is 3. The molecule has 0 unspecified atom stereocenters. The van der Waals surface area contributed by atoms with Crippen molar-refractivity contribution in [3.63, 3.8) is 0 Å². The summed E-state index contributed by atoms with van der Waals surface area (Å²) in [6, 6.07) is 4.78. The third-order valence-electron chi connectivity index (χ3n) is 3.66. The Bertz CT molecular complexity index is 925. The number of hydrogen-bond donors (Lipinski definition) is 0. The predicted molar refractivity (Wildman–Crippen MR) is 81.4 cm³/mol. The number of alkyl halides is 2. The molecule has 0 N–H and O–H groups in total. The smallest absolute Gasteiger partial charge is 0.395 e. The van der Waals surface area contributed by atoms with E-state index in [-0.39, 0.29) is 18.0 Å². The van der Waals surface area contributed by atoms with Gasteiger partial charge in [-0.3, -0.25) is 0 Å². The number of hydrogen-bond acceptors (Lipinski definition) is 6. The van der Waals surface area contributed by atoms with Crippen LogP contribution in [0.25, 0.3) is 11.2 Å². The van der Waals surface area contributed by atoms with Crippen LogP contribution >= 0.6 is 0 Å². The van der Waals surface area contributed by atoms with E-state index < -0.39 is 6.29 Å². The van der Waals surface area contributed by atoms with Crippen LogP contribution in [0.2, 0.25) is 0 Å². The van der Waals surface area contributed by atoms with E-state index in [1.54, 1.807) is 23.0 Å². The quantitative estimate of drug-likeness (QED) is 0.732. The second kappa shape index (κ2) is 5.02. The molecule has 1 aliphatic rings. The Balaban J connectivity index is 1.75. The van der Waals surface area contributed by atoms with Crippen LogP contribution < -0.4 is 14.4 Å². The summed E-state index contributed by atoms with van der Waals surface area (Å²) in [5, 5.41) is 0. The third kappa shape index (κ3) is 2.29. The Labute approximate surface area is 135 Å². The van der Waals surface area contributed by atoms with Gasteiger partial charge in [-0.25, -0.2) is 15.0 Å². The highest BCUT2D eigenvalue weighted by Crippen LogP contribution is 2.43. The normalized spacial score (nSPS) is 15.0. The molecule has 3 aromatic rings. The lowest BCUT2D eigenvalue weighted by molar-refractivity contribution is -0.286. The zero-order valence-electron chi connectivity index (χ0n) is 12.9. The largest absolute Gasteiger partial charge is 0.586 e. The molecule has 0 saturated carbocycles. The van der Waals surface area contributed by atoms with Crippen LogP contribution in [0.3, 0.4) is 0 Å². The number of benzene rings is 1. The first-order valence-electron chi connectivity index (χ1n) is 7.15. The van der Waals surface area contributed by atoms with Crippen LogP contribution in [-0.2, 0) is 6.54 Å². The summed E-state index contributed by atoms with van der Waals surface area (Å²) in [4.78, 5) is 14.6. The van der Waals surface area contributed by atoms with Crippen LogP contribution in [0.15, 0.2) is 30.9 Å². The molecule has 0 aliphatic carbocycles. The molecule has 0 atom stereocenters. The minimum Gasteiger partial charge on any atom is -0.395 e. The second-order valence-corrected chi connectivity index (χ2v) is 5.55. The molecule has 24 heavy (non-hydrogen) atoms. The monoisotopic (exact) mass is 333 g/mol. The van der Waals surface area contributed by atoms with E-state index in [0.29, 0.717) is 22.5 Å². The van der Waals surface area contributed by atoms with Crippen LogP contribution in [0.5, 0.6) is 11.5 Å². The lowest BCUT2D eigenvalue weighted by Crippen LogP contribution is -2.26. The van der Waals surface area contributed by atoms with E-state index in [1.165, 1.54) is 12.4 Å². The minimum absolute atomic E-state index is 0.0190. The maximum absolute atomic E-state index is 13.3. The van der Waals surface area contributed by atoms with Gasteiger partial charge < -0.3 is 18.9 Å². The first kappa shape index (κ1) is 14.6. The summed E-state index contributed by atoms with van der Waals surface area (Å²) in [6.07, 6.45) is -0.603. The Morgan fingerprint density at radius 1 is 1.17 bits per heavy atom. The van der Waals surface area contributed by atoms with E-state index >= 15 is 0 Å². The maximum Gasteiger partial charge on any atom is 0.586 e. The van der Waals surface area contributed by atoms with Crippen molar-refractivity contribution in [2.24, 2.45) is 0 Å². The number of anilines is 1. The fourth-order valence-electron chi connectivity index (χ4n) is 2.64. The van der Waals surface area contributed by atoms with Gasteiger partial charge in [-0.05, 0) is 6.07 Å². The van der Waals surface area contributed by atoms with E-state index in [4.69, 9.17) is 0 Å². The third-order valence-corrected chi connectivity index (χ3v) is 3.66. The molecule has 2 aromatic heterocycles. The zero-order chi connectivity index (χ0) is 16.9. The topological polar surface area (TPSA) is 65.3 Å². The molecule has 1 aromatic carbocycles. The van der Waals surface area contributed by atoms with Crippen LogP contribution in [-0.4, -0.2) is 39.9 Å². The number of halogens is 2. The highest BCUT2D eigenvalue weighted by molar-refractivity contribution is 5.83. The van der Waals surface area contributed by atoms with Crippen molar-refractivity contribution in [2.75, 3.05) is 19.0 Å². The van der Waals surface area contributed by atoms with Gasteiger partial charge in [0.2, 0.25) is 0 Å². The molecule has 1 aliphatic heterocycles. The predicted octanol–water partition coefficient (Wildman–Crippen LogP) is 2.26. The molecule has 0 spiro atoms.